The fraction of sp³-hybridized carbons (Fsp3) is 0.261. The van der Waals surface area contributed by atoms with Crippen LogP contribution in [0.2, 0.25) is 0 Å². The Kier molecular flexibility index (Phi) is 6.47. The fourth-order valence-electron chi connectivity index (χ4n) is 3.51. The van der Waals surface area contributed by atoms with Gasteiger partial charge in [0.15, 0.2) is 6.61 Å². The van der Waals surface area contributed by atoms with Crippen LogP contribution in [0.1, 0.15) is 45.0 Å². The molecule has 1 aromatic carbocycles. The normalized spacial score (nSPS) is 13.2. The van der Waals surface area contributed by atoms with Gasteiger partial charge in [0.25, 0.3) is 5.91 Å². The number of fused-ring (bicyclic) bond motifs is 1. The van der Waals surface area contributed by atoms with Gasteiger partial charge >= 0.3 is 5.97 Å². The van der Waals surface area contributed by atoms with Crippen molar-refractivity contribution in [2.75, 3.05) is 6.61 Å². The fourth-order valence-corrected chi connectivity index (χ4v) is 4.74. The van der Waals surface area contributed by atoms with Crippen molar-refractivity contribution in [1.82, 2.24) is 5.32 Å². The number of benzene rings is 1. The molecule has 2 N–H and O–H groups in total. The lowest BCUT2D eigenvalue weighted by atomic mass is 9.95. The molecule has 0 radical (unpaired) electrons. The van der Waals surface area contributed by atoms with Crippen LogP contribution in [0.4, 0.5) is 5.00 Å². The van der Waals surface area contributed by atoms with Crippen LogP contribution in [-0.4, -0.2) is 29.8 Å². The zero-order valence-electron chi connectivity index (χ0n) is 16.8. The number of hydrogen-bond donors (Lipinski definition) is 2. The van der Waals surface area contributed by atoms with Crippen molar-refractivity contribution in [3.05, 3.63) is 70.0 Å². The van der Waals surface area contributed by atoms with Crippen LogP contribution in [0.25, 0.3) is 0 Å². The lowest BCUT2D eigenvalue weighted by Gasteiger charge is -2.12. The van der Waals surface area contributed by atoms with E-state index >= 15 is 0 Å². The number of furan rings is 1. The number of aliphatic imine (C=N–C) groups is 1. The number of aliphatic carboxylic acids is 1. The third-order valence-corrected chi connectivity index (χ3v) is 6.13. The first-order valence-electron chi connectivity index (χ1n) is 10.0. The monoisotopic (exact) mass is 438 g/mol. The molecule has 1 aliphatic rings. The van der Waals surface area contributed by atoms with Gasteiger partial charge < -0.3 is 19.6 Å². The molecule has 0 unspecified atom stereocenters. The van der Waals surface area contributed by atoms with Gasteiger partial charge in [0.2, 0.25) is 0 Å². The van der Waals surface area contributed by atoms with Gasteiger partial charge in [0.05, 0.1) is 18.4 Å². The Bertz CT molecular complexity index is 1100. The van der Waals surface area contributed by atoms with Gasteiger partial charge in [-0.1, -0.05) is 12.1 Å². The number of nitrogens with zero attached hydrogens (tertiary/aromatic N) is 1. The van der Waals surface area contributed by atoms with Crippen LogP contribution < -0.4 is 10.1 Å². The van der Waals surface area contributed by atoms with E-state index in [0.29, 0.717) is 28.6 Å². The molecule has 8 heteroatoms. The van der Waals surface area contributed by atoms with Crippen LogP contribution >= 0.6 is 11.3 Å². The molecule has 1 aliphatic carbocycles. The molecule has 0 bridgehead atoms. The number of thiophene rings is 1. The first kappa shape index (κ1) is 20.9. The molecule has 0 fully saturated rings. The Labute approximate surface area is 183 Å². The maximum absolute atomic E-state index is 13.0. The highest BCUT2D eigenvalue weighted by molar-refractivity contribution is 7.16. The van der Waals surface area contributed by atoms with E-state index in [1.54, 1.807) is 48.1 Å². The summed E-state index contributed by atoms with van der Waals surface area (Å²) in [7, 11) is 0. The molecule has 31 heavy (non-hydrogen) atoms. The van der Waals surface area contributed by atoms with E-state index in [-0.39, 0.29) is 5.91 Å². The third kappa shape index (κ3) is 5.21. The molecule has 0 spiro atoms. The minimum atomic E-state index is -1.03. The highest BCUT2D eigenvalue weighted by Gasteiger charge is 2.25. The number of rotatable bonds is 8. The Morgan fingerprint density at radius 3 is 2.90 bits per heavy atom. The van der Waals surface area contributed by atoms with Gasteiger partial charge in [-0.2, -0.15) is 0 Å². The molecule has 160 valence electrons. The zero-order valence-corrected chi connectivity index (χ0v) is 17.6. The van der Waals surface area contributed by atoms with Crippen molar-refractivity contribution in [3.8, 4) is 5.75 Å². The molecular weight excluding hydrogens is 416 g/mol. The molecule has 0 saturated carbocycles. The van der Waals surface area contributed by atoms with Gasteiger partial charge in [-0.05, 0) is 61.1 Å². The second-order valence-electron chi connectivity index (χ2n) is 7.17. The molecule has 2 heterocycles. The maximum atomic E-state index is 13.0. The molecular formula is C23H22N2O5S. The van der Waals surface area contributed by atoms with Crippen LogP contribution in [0.5, 0.6) is 5.75 Å². The quantitative estimate of drug-likeness (QED) is 0.509. The summed E-state index contributed by atoms with van der Waals surface area (Å²) < 4.78 is 10.5. The molecule has 1 amide bonds. The highest BCUT2D eigenvalue weighted by Crippen LogP contribution is 2.39. The van der Waals surface area contributed by atoms with E-state index in [2.05, 4.69) is 10.3 Å². The number of carbonyl (C=O) groups excluding carboxylic acids is 1. The van der Waals surface area contributed by atoms with Gasteiger partial charge in [-0.3, -0.25) is 4.79 Å². The lowest BCUT2D eigenvalue weighted by Crippen LogP contribution is -2.23. The number of aryl methyl sites for hydroxylation is 1. The smallest absolute Gasteiger partial charge is 0.341 e. The van der Waals surface area contributed by atoms with Gasteiger partial charge in [0, 0.05) is 11.1 Å². The first-order chi connectivity index (χ1) is 15.1. The summed E-state index contributed by atoms with van der Waals surface area (Å²) in [6.07, 6.45) is 7.28. The van der Waals surface area contributed by atoms with Gasteiger partial charge in [0.1, 0.15) is 16.5 Å². The van der Waals surface area contributed by atoms with Gasteiger partial charge in [-0.25, -0.2) is 9.79 Å². The SMILES string of the molecule is O=C(O)COc1cccc(C=Nc2sc3c(c2C(=O)NCc2ccco2)CCCC3)c1. The molecule has 4 rings (SSSR count). The Balaban J connectivity index is 1.56. The van der Waals surface area contributed by atoms with Crippen molar-refractivity contribution in [1.29, 1.82) is 0 Å². The number of carboxylic acids is 1. The zero-order chi connectivity index (χ0) is 21.6. The minimum absolute atomic E-state index is 0.151. The third-order valence-electron chi connectivity index (χ3n) is 4.93. The largest absolute Gasteiger partial charge is 0.482 e. The maximum Gasteiger partial charge on any atom is 0.341 e. The minimum Gasteiger partial charge on any atom is -0.482 e. The van der Waals surface area contributed by atoms with Crippen molar-refractivity contribution in [2.45, 2.75) is 32.2 Å². The summed E-state index contributed by atoms with van der Waals surface area (Å²) in [4.78, 5) is 29.6. The van der Waals surface area contributed by atoms with Crippen LogP contribution in [0, 0.1) is 0 Å². The predicted molar refractivity (Wildman–Crippen MR) is 118 cm³/mol. The number of ether oxygens (including phenoxy) is 1. The number of nitrogens with one attached hydrogen (secondary N) is 1. The van der Waals surface area contributed by atoms with Crippen molar-refractivity contribution < 1.29 is 23.8 Å². The van der Waals surface area contributed by atoms with E-state index in [1.165, 1.54) is 4.88 Å². The molecule has 2 aromatic heterocycles. The Morgan fingerprint density at radius 2 is 2.10 bits per heavy atom. The Hall–Kier alpha value is -3.39. The molecule has 3 aromatic rings. The van der Waals surface area contributed by atoms with E-state index in [9.17, 15) is 9.59 Å². The molecule has 7 nitrogen and oxygen atoms in total. The molecule has 0 saturated heterocycles. The number of carbonyl (C=O) groups is 2. The second kappa shape index (κ2) is 9.61. The van der Waals surface area contributed by atoms with Gasteiger partial charge in [-0.15, -0.1) is 11.3 Å². The van der Waals surface area contributed by atoms with Crippen molar-refractivity contribution >= 4 is 34.4 Å². The van der Waals surface area contributed by atoms with Crippen molar-refractivity contribution in [2.24, 2.45) is 4.99 Å². The lowest BCUT2D eigenvalue weighted by molar-refractivity contribution is -0.139. The topological polar surface area (TPSA) is 101 Å². The standard InChI is InChI=1S/C23H22N2O5S/c26-20(27)14-30-16-6-3-5-15(11-16)12-25-23-21(18-8-1-2-9-19(18)31-23)22(28)24-13-17-7-4-10-29-17/h3-7,10-12H,1-2,8-9,13-14H2,(H,24,28)(H,26,27). The average molecular weight is 439 g/mol. The summed E-state index contributed by atoms with van der Waals surface area (Å²) in [6, 6.07) is 10.6. The summed E-state index contributed by atoms with van der Waals surface area (Å²) in [5, 5.41) is 12.4. The predicted octanol–water partition coefficient (Wildman–Crippen LogP) is 4.36. The summed E-state index contributed by atoms with van der Waals surface area (Å²) in [5.74, 6) is -0.0381. The number of carboxylic acid groups (broad SMARTS) is 1. The molecule has 0 aliphatic heterocycles. The van der Waals surface area contributed by atoms with E-state index in [0.717, 1.165) is 36.8 Å². The summed E-state index contributed by atoms with van der Waals surface area (Å²) in [6.45, 7) is -0.0825. The number of hydrogen-bond acceptors (Lipinski definition) is 6. The van der Waals surface area contributed by atoms with Crippen molar-refractivity contribution in [3.63, 3.8) is 0 Å². The van der Waals surface area contributed by atoms with Crippen LogP contribution in [0.3, 0.4) is 0 Å². The molecule has 0 atom stereocenters. The van der Waals surface area contributed by atoms with E-state index in [1.807, 2.05) is 12.1 Å². The van der Waals surface area contributed by atoms with E-state index < -0.39 is 12.6 Å². The van der Waals surface area contributed by atoms with E-state index in [4.69, 9.17) is 14.3 Å². The van der Waals surface area contributed by atoms with Crippen LogP contribution in [0.15, 0.2) is 52.1 Å². The summed E-state index contributed by atoms with van der Waals surface area (Å²) >= 11 is 1.56. The Morgan fingerprint density at radius 1 is 1.23 bits per heavy atom. The number of amides is 1. The van der Waals surface area contributed by atoms with Crippen LogP contribution in [-0.2, 0) is 24.2 Å². The second-order valence-corrected chi connectivity index (χ2v) is 8.25. The highest BCUT2D eigenvalue weighted by atomic mass is 32.1. The summed E-state index contributed by atoms with van der Waals surface area (Å²) in [5.41, 5.74) is 2.50. The first-order valence-corrected chi connectivity index (χ1v) is 10.9. The average Bonchev–Trinajstić information content (AvgIpc) is 3.42.